The third-order valence-corrected chi connectivity index (χ3v) is 7.70. The first kappa shape index (κ1) is 21.6. The van der Waals surface area contributed by atoms with Crippen molar-refractivity contribution in [1.29, 1.82) is 0 Å². The van der Waals surface area contributed by atoms with Crippen molar-refractivity contribution < 1.29 is 17.9 Å². The molecule has 3 heterocycles. The van der Waals surface area contributed by atoms with Crippen molar-refractivity contribution in [3.05, 3.63) is 36.8 Å². The molecule has 0 aliphatic carbocycles. The number of hydrogen-bond acceptors (Lipinski definition) is 6. The van der Waals surface area contributed by atoms with Gasteiger partial charge in [-0.3, -0.25) is 4.79 Å². The number of aromatic nitrogens is 2. The number of anilines is 1. The second-order valence-electron chi connectivity index (χ2n) is 7.91. The summed E-state index contributed by atoms with van der Waals surface area (Å²) in [4.78, 5) is 20.9. The van der Waals surface area contributed by atoms with Crippen LogP contribution in [0.4, 0.5) is 5.69 Å². The van der Waals surface area contributed by atoms with E-state index in [9.17, 15) is 13.2 Å². The van der Waals surface area contributed by atoms with E-state index in [0.29, 0.717) is 26.2 Å². The molecule has 0 spiro atoms. The fourth-order valence-corrected chi connectivity index (χ4v) is 5.51. The number of rotatable bonds is 6. The minimum Gasteiger partial charge on any atom is -0.497 e. The number of carbonyl (C=O) groups excluding carboxylic acids is 1. The van der Waals surface area contributed by atoms with Gasteiger partial charge in [-0.25, -0.2) is 13.4 Å². The van der Waals surface area contributed by atoms with Crippen molar-refractivity contribution in [2.75, 3.05) is 51.3 Å². The van der Waals surface area contributed by atoms with Gasteiger partial charge in [-0.1, -0.05) is 6.42 Å². The molecular formula is C21H29N5O4S. The summed E-state index contributed by atoms with van der Waals surface area (Å²) in [5.74, 6) is 0.785. The maximum Gasteiger partial charge on any atom is 0.262 e. The van der Waals surface area contributed by atoms with Crippen molar-refractivity contribution in [2.24, 2.45) is 0 Å². The van der Waals surface area contributed by atoms with E-state index >= 15 is 0 Å². The molecule has 1 aromatic heterocycles. The number of piperidine rings is 1. The van der Waals surface area contributed by atoms with Crippen LogP contribution in [0.5, 0.6) is 5.75 Å². The molecular weight excluding hydrogens is 418 g/mol. The number of methoxy groups -OCH3 is 1. The number of amides is 1. The normalized spacial score (nSPS) is 18.2. The van der Waals surface area contributed by atoms with Gasteiger partial charge in [0.2, 0.25) is 5.91 Å². The summed E-state index contributed by atoms with van der Waals surface area (Å²) in [7, 11) is -1.94. The van der Waals surface area contributed by atoms with Crippen LogP contribution in [0.25, 0.3) is 0 Å². The second-order valence-corrected chi connectivity index (χ2v) is 9.80. The Morgan fingerprint density at radius 1 is 1.00 bits per heavy atom. The van der Waals surface area contributed by atoms with Gasteiger partial charge in [0.05, 0.1) is 13.4 Å². The number of sulfonamides is 1. The van der Waals surface area contributed by atoms with Gasteiger partial charge >= 0.3 is 0 Å². The Morgan fingerprint density at radius 2 is 1.68 bits per heavy atom. The van der Waals surface area contributed by atoms with E-state index in [1.54, 1.807) is 11.7 Å². The lowest BCUT2D eigenvalue weighted by Gasteiger charge is -2.36. The van der Waals surface area contributed by atoms with Crippen LogP contribution in [0.3, 0.4) is 0 Å². The maximum absolute atomic E-state index is 12.7. The Bertz CT molecular complexity index is 991. The largest absolute Gasteiger partial charge is 0.497 e. The van der Waals surface area contributed by atoms with Crippen molar-refractivity contribution in [1.82, 2.24) is 18.8 Å². The van der Waals surface area contributed by atoms with Crippen molar-refractivity contribution in [3.8, 4) is 5.75 Å². The summed E-state index contributed by atoms with van der Waals surface area (Å²) in [6.07, 6.45) is 5.71. The second kappa shape index (κ2) is 9.27. The molecule has 9 nitrogen and oxygen atoms in total. The highest BCUT2D eigenvalue weighted by molar-refractivity contribution is 7.89. The molecule has 168 valence electrons. The van der Waals surface area contributed by atoms with Crippen LogP contribution < -0.4 is 9.64 Å². The third-order valence-electron chi connectivity index (χ3n) is 5.92. The molecule has 0 unspecified atom stereocenters. The van der Waals surface area contributed by atoms with Crippen molar-refractivity contribution >= 4 is 21.6 Å². The Hall–Kier alpha value is -2.59. The first-order valence-corrected chi connectivity index (χ1v) is 12.1. The van der Waals surface area contributed by atoms with Gasteiger partial charge in [-0.05, 0) is 37.1 Å². The van der Waals surface area contributed by atoms with E-state index in [-0.39, 0.29) is 17.5 Å². The van der Waals surface area contributed by atoms with Crippen LogP contribution >= 0.6 is 0 Å². The number of imidazole rings is 1. The number of benzene rings is 1. The van der Waals surface area contributed by atoms with Crippen LogP contribution in [0.1, 0.15) is 19.3 Å². The maximum atomic E-state index is 12.7. The van der Waals surface area contributed by atoms with Crippen molar-refractivity contribution in [3.63, 3.8) is 0 Å². The minimum atomic E-state index is -3.58. The lowest BCUT2D eigenvalue weighted by atomic mass is 10.2. The highest BCUT2D eigenvalue weighted by Gasteiger charge is 2.28. The van der Waals surface area contributed by atoms with E-state index in [1.165, 1.54) is 16.8 Å². The van der Waals surface area contributed by atoms with E-state index in [4.69, 9.17) is 4.74 Å². The smallest absolute Gasteiger partial charge is 0.262 e. The summed E-state index contributed by atoms with van der Waals surface area (Å²) in [5.41, 5.74) is 1.11. The van der Waals surface area contributed by atoms with Gasteiger partial charge in [0, 0.05) is 51.2 Å². The van der Waals surface area contributed by atoms with Crippen molar-refractivity contribution in [2.45, 2.75) is 30.8 Å². The highest BCUT2D eigenvalue weighted by Crippen LogP contribution is 2.21. The fraction of sp³-hybridized carbons (Fsp3) is 0.524. The summed E-state index contributed by atoms with van der Waals surface area (Å²) in [5, 5.41) is 0.0199. The predicted octanol–water partition coefficient (Wildman–Crippen LogP) is 1.42. The molecule has 2 aromatic rings. The average Bonchev–Trinajstić information content (AvgIpc) is 3.29. The Balaban J connectivity index is 1.32. The van der Waals surface area contributed by atoms with Gasteiger partial charge in [-0.15, -0.1) is 0 Å². The Morgan fingerprint density at radius 3 is 2.32 bits per heavy atom. The quantitative estimate of drug-likeness (QED) is 0.666. The first-order valence-electron chi connectivity index (χ1n) is 10.7. The Labute approximate surface area is 183 Å². The predicted molar refractivity (Wildman–Crippen MR) is 117 cm³/mol. The van der Waals surface area contributed by atoms with Crippen LogP contribution in [-0.2, 0) is 21.4 Å². The molecule has 1 aromatic carbocycles. The molecule has 1 amide bonds. The highest BCUT2D eigenvalue weighted by atomic mass is 32.2. The molecule has 2 saturated heterocycles. The minimum absolute atomic E-state index is 0.0199. The summed E-state index contributed by atoms with van der Waals surface area (Å²) in [6, 6.07) is 7.90. The van der Waals surface area contributed by atoms with E-state index < -0.39 is 10.0 Å². The zero-order valence-electron chi connectivity index (χ0n) is 17.8. The van der Waals surface area contributed by atoms with Crippen LogP contribution in [0.15, 0.2) is 41.8 Å². The van der Waals surface area contributed by atoms with E-state index in [0.717, 1.165) is 43.8 Å². The van der Waals surface area contributed by atoms with Crippen LogP contribution in [0.2, 0.25) is 0 Å². The first-order chi connectivity index (χ1) is 15.0. The van der Waals surface area contributed by atoms with Gasteiger partial charge in [0.1, 0.15) is 12.3 Å². The number of nitrogens with zero attached hydrogens (tertiary/aromatic N) is 5. The summed E-state index contributed by atoms with van der Waals surface area (Å²) < 4.78 is 33.7. The van der Waals surface area contributed by atoms with Crippen LogP contribution in [0, 0.1) is 0 Å². The summed E-state index contributed by atoms with van der Waals surface area (Å²) >= 11 is 0. The molecule has 0 saturated carbocycles. The average molecular weight is 448 g/mol. The summed E-state index contributed by atoms with van der Waals surface area (Å²) in [6.45, 7) is 3.90. The number of ether oxygens (including phenoxy) is 1. The van der Waals surface area contributed by atoms with E-state index in [2.05, 4.69) is 9.88 Å². The topological polar surface area (TPSA) is 88.0 Å². The van der Waals surface area contributed by atoms with Gasteiger partial charge in [0.25, 0.3) is 10.0 Å². The molecule has 0 atom stereocenters. The standard InChI is InChI=1S/C21H29N5O4S/c1-30-19-7-5-18(6-8-19)24-11-13-25(14-12-24)21(27)16-23-15-20(22-17-23)31(28,29)26-9-3-2-4-10-26/h5-8,15,17H,2-4,9-14,16H2,1H3. The zero-order valence-corrected chi connectivity index (χ0v) is 18.6. The third kappa shape index (κ3) is 4.85. The van der Waals surface area contributed by atoms with Gasteiger partial charge in [-0.2, -0.15) is 4.31 Å². The molecule has 4 rings (SSSR count). The molecule has 31 heavy (non-hydrogen) atoms. The molecule has 2 fully saturated rings. The van der Waals surface area contributed by atoms with Gasteiger partial charge in [0.15, 0.2) is 5.03 Å². The fourth-order valence-electron chi connectivity index (χ4n) is 4.06. The monoisotopic (exact) mass is 447 g/mol. The molecule has 10 heteroatoms. The van der Waals surface area contributed by atoms with Crippen LogP contribution in [-0.4, -0.2) is 79.5 Å². The molecule has 0 bridgehead atoms. The van der Waals surface area contributed by atoms with Gasteiger partial charge < -0.3 is 19.1 Å². The lowest BCUT2D eigenvalue weighted by molar-refractivity contribution is -0.132. The Kier molecular flexibility index (Phi) is 6.47. The number of piperazine rings is 1. The molecule has 0 N–H and O–H groups in total. The molecule has 2 aliphatic rings. The number of carbonyl (C=O) groups is 1. The molecule has 2 aliphatic heterocycles. The molecule has 0 radical (unpaired) electrons. The zero-order chi connectivity index (χ0) is 21.8. The van der Waals surface area contributed by atoms with E-state index in [1.807, 2.05) is 29.2 Å². The lowest BCUT2D eigenvalue weighted by Crippen LogP contribution is -2.49. The SMILES string of the molecule is COc1ccc(N2CCN(C(=O)Cn3cnc(S(=O)(=O)N4CCCCC4)c3)CC2)cc1. The number of hydrogen-bond donors (Lipinski definition) is 0.